The first-order chi connectivity index (χ1) is 15.1. The first-order valence-corrected chi connectivity index (χ1v) is 11.8. The number of nitrogens with one attached hydrogen (secondary N) is 1. The van der Waals surface area contributed by atoms with Crippen LogP contribution >= 0.6 is 22.9 Å². The van der Waals surface area contributed by atoms with E-state index in [9.17, 15) is 4.79 Å². The molecule has 0 saturated heterocycles. The van der Waals surface area contributed by atoms with Gasteiger partial charge in [-0.15, -0.1) is 11.3 Å². The van der Waals surface area contributed by atoms with Crippen LogP contribution in [0.1, 0.15) is 61.3 Å². The van der Waals surface area contributed by atoms with E-state index in [1.165, 1.54) is 30.5 Å². The van der Waals surface area contributed by atoms with Crippen LogP contribution in [0.3, 0.4) is 0 Å². The van der Waals surface area contributed by atoms with Crippen molar-refractivity contribution in [2.45, 2.75) is 45.1 Å². The average Bonchev–Trinajstić information content (AvgIpc) is 3.45. The van der Waals surface area contributed by atoms with Gasteiger partial charge in [0.1, 0.15) is 22.4 Å². The molecule has 0 unspecified atom stereocenters. The number of halogens is 1. The molecular formula is C23H22ClN5OS. The van der Waals surface area contributed by atoms with Crippen molar-refractivity contribution in [1.82, 2.24) is 19.9 Å². The summed E-state index contributed by atoms with van der Waals surface area (Å²) in [5, 5.41) is 5.62. The lowest BCUT2D eigenvalue weighted by Gasteiger charge is -2.17. The van der Waals surface area contributed by atoms with Crippen LogP contribution in [0.25, 0.3) is 21.1 Å². The second-order valence-corrected chi connectivity index (χ2v) is 9.35. The molecule has 0 aliphatic heterocycles. The third-order valence-electron chi connectivity index (χ3n) is 5.97. The van der Waals surface area contributed by atoms with Crippen molar-refractivity contribution in [2.24, 2.45) is 5.92 Å². The number of pyridine rings is 1. The molecule has 0 amide bonds. The Morgan fingerprint density at radius 2 is 2.10 bits per heavy atom. The van der Waals surface area contributed by atoms with E-state index in [4.69, 9.17) is 16.6 Å². The molecule has 1 aromatic carbocycles. The number of fused-ring (bicyclic) bond motifs is 2. The van der Waals surface area contributed by atoms with Crippen molar-refractivity contribution in [1.29, 1.82) is 0 Å². The lowest BCUT2D eigenvalue weighted by Crippen LogP contribution is -2.14. The molecule has 1 N–H and O–H groups in total. The van der Waals surface area contributed by atoms with Crippen molar-refractivity contribution < 1.29 is 4.79 Å². The minimum Gasteiger partial charge on any atom is -0.360 e. The van der Waals surface area contributed by atoms with Crippen molar-refractivity contribution in [3.05, 3.63) is 52.5 Å². The first kappa shape index (κ1) is 20.3. The zero-order valence-electron chi connectivity index (χ0n) is 17.1. The van der Waals surface area contributed by atoms with Crippen LogP contribution in [0.2, 0.25) is 5.02 Å². The molecule has 1 saturated carbocycles. The minimum absolute atomic E-state index is 0.0722. The lowest BCUT2D eigenvalue weighted by molar-refractivity contribution is 0.0959. The van der Waals surface area contributed by atoms with Crippen molar-refractivity contribution >= 4 is 55.7 Å². The minimum atomic E-state index is -0.179. The highest BCUT2D eigenvalue weighted by Crippen LogP contribution is 2.33. The standard InChI is InChI=1S/C23H22ClN5OS/c1-13(28-22-21-23(26-11-25-22)31-12-27-21)17-10-15-7-4-8-16(24)19(15)20(29-17)18(30)9-14-5-2-3-6-14/h4,7-8,10-14H,2-3,5-6,9H2,1H3,(H,25,26,28)/t13-/m0/s1. The van der Waals surface area contributed by atoms with Crippen LogP contribution in [-0.2, 0) is 0 Å². The predicted molar refractivity (Wildman–Crippen MR) is 125 cm³/mol. The largest absolute Gasteiger partial charge is 0.360 e. The number of benzene rings is 1. The Bertz CT molecular complexity index is 1270. The van der Waals surface area contributed by atoms with Crippen molar-refractivity contribution in [3.8, 4) is 0 Å². The van der Waals surface area contributed by atoms with Gasteiger partial charge in [0.15, 0.2) is 11.6 Å². The normalized spacial score (nSPS) is 15.5. The number of hydrogen-bond donors (Lipinski definition) is 1. The number of ketones is 1. The Labute approximate surface area is 189 Å². The highest BCUT2D eigenvalue weighted by atomic mass is 35.5. The van der Waals surface area contributed by atoms with Gasteiger partial charge in [-0.25, -0.2) is 19.9 Å². The highest BCUT2D eigenvalue weighted by Gasteiger charge is 2.24. The maximum atomic E-state index is 13.3. The SMILES string of the molecule is C[C@H](Nc1ncnc2scnc12)c1cc2cccc(Cl)c2c(C(=O)CC2CCCC2)n1. The summed E-state index contributed by atoms with van der Waals surface area (Å²) in [5.41, 5.74) is 3.73. The summed E-state index contributed by atoms with van der Waals surface area (Å²) < 4.78 is 0. The quantitative estimate of drug-likeness (QED) is 0.350. The number of nitrogens with zero attached hydrogens (tertiary/aromatic N) is 4. The Morgan fingerprint density at radius 3 is 2.94 bits per heavy atom. The molecule has 1 aliphatic carbocycles. The van der Waals surface area contributed by atoms with Gasteiger partial charge in [-0.05, 0) is 30.4 Å². The molecule has 3 heterocycles. The average molecular weight is 452 g/mol. The molecule has 6 nitrogen and oxygen atoms in total. The third-order valence-corrected chi connectivity index (χ3v) is 7.02. The maximum absolute atomic E-state index is 13.3. The molecule has 4 aromatic rings. The molecule has 0 radical (unpaired) electrons. The van der Waals surface area contributed by atoms with Gasteiger partial charge in [0.25, 0.3) is 0 Å². The van der Waals surface area contributed by atoms with E-state index >= 15 is 0 Å². The van der Waals surface area contributed by atoms with Gasteiger partial charge < -0.3 is 5.32 Å². The maximum Gasteiger partial charge on any atom is 0.182 e. The number of carbonyl (C=O) groups excluding carboxylic acids is 1. The van der Waals surface area contributed by atoms with Gasteiger partial charge in [0.2, 0.25) is 0 Å². The molecule has 8 heteroatoms. The van der Waals surface area contributed by atoms with Gasteiger partial charge in [-0.2, -0.15) is 0 Å². The molecule has 1 fully saturated rings. The summed E-state index contributed by atoms with van der Waals surface area (Å²) in [6.07, 6.45) is 6.71. The zero-order chi connectivity index (χ0) is 21.4. The van der Waals surface area contributed by atoms with E-state index in [-0.39, 0.29) is 11.8 Å². The molecule has 158 valence electrons. The van der Waals surface area contributed by atoms with Crippen LogP contribution < -0.4 is 5.32 Å². The first-order valence-electron chi connectivity index (χ1n) is 10.5. The number of carbonyl (C=O) groups is 1. The predicted octanol–water partition coefficient (Wildman–Crippen LogP) is 6.22. The van der Waals surface area contributed by atoms with Crippen molar-refractivity contribution in [2.75, 3.05) is 5.32 Å². The van der Waals surface area contributed by atoms with Crippen LogP contribution in [0, 0.1) is 5.92 Å². The van der Waals surface area contributed by atoms with Crippen LogP contribution in [-0.4, -0.2) is 25.7 Å². The molecule has 0 spiro atoms. The number of rotatable bonds is 6. The number of aromatic nitrogens is 4. The van der Waals surface area contributed by atoms with Gasteiger partial charge in [0.05, 0.1) is 22.3 Å². The third kappa shape index (κ3) is 4.00. The van der Waals surface area contributed by atoms with Crippen LogP contribution in [0.4, 0.5) is 5.82 Å². The summed E-state index contributed by atoms with van der Waals surface area (Å²) in [7, 11) is 0. The topological polar surface area (TPSA) is 80.7 Å². The fraction of sp³-hybridized carbons (Fsp3) is 0.348. The van der Waals surface area contributed by atoms with E-state index in [1.54, 1.807) is 5.51 Å². The Hall–Kier alpha value is -2.64. The van der Waals surface area contributed by atoms with E-state index < -0.39 is 0 Å². The summed E-state index contributed by atoms with van der Waals surface area (Å²) in [4.78, 5) is 31.9. The second-order valence-electron chi connectivity index (χ2n) is 8.11. The molecule has 0 bridgehead atoms. The smallest absolute Gasteiger partial charge is 0.182 e. The van der Waals surface area contributed by atoms with E-state index in [0.717, 1.165) is 39.7 Å². The molecule has 5 rings (SSSR count). The van der Waals surface area contributed by atoms with E-state index in [2.05, 4.69) is 20.3 Å². The fourth-order valence-corrected chi connectivity index (χ4v) is 5.26. The number of anilines is 1. The highest BCUT2D eigenvalue weighted by molar-refractivity contribution is 7.16. The fourth-order valence-electron chi connectivity index (χ4n) is 4.36. The number of thiazole rings is 1. The molecule has 1 aliphatic rings. The van der Waals surface area contributed by atoms with E-state index in [0.29, 0.717) is 28.9 Å². The zero-order valence-corrected chi connectivity index (χ0v) is 18.7. The number of Topliss-reactive ketones (excluding diaryl/α,β-unsaturated/α-hetero) is 1. The number of hydrogen-bond acceptors (Lipinski definition) is 7. The summed E-state index contributed by atoms with van der Waals surface area (Å²) in [5.74, 6) is 1.18. The Kier molecular flexibility index (Phi) is 5.54. The van der Waals surface area contributed by atoms with Crippen LogP contribution in [0.5, 0.6) is 0 Å². The van der Waals surface area contributed by atoms with Gasteiger partial charge in [-0.1, -0.05) is 49.4 Å². The lowest BCUT2D eigenvalue weighted by atomic mass is 9.96. The van der Waals surface area contributed by atoms with Crippen molar-refractivity contribution in [3.63, 3.8) is 0 Å². The second kappa shape index (κ2) is 8.48. The van der Waals surface area contributed by atoms with Gasteiger partial charge in [0, 0.05) is 11.8 Å². The molecule has 1 atom stereocenters. The monoisotopic (exact) mass is 451 g/mol. The Balaban J connectivity index is 1.52. The Morgan fingerprint density at radius 1 is 1.26 bits per heavy atom. The summed E-state index contributed by atoms with van der Waals surface area (Å²) in [6, 6.07) is 7.51. The summed E-state index contributed by atoms with van der Waals surface area (Å²) >= 11 is 7.98. The molecule has 3 aromatic heterocycles. The van der Waals surface area contributed by atoms with Gasteiger partial charge >= 0.3 is 0 Å². The van der Waals surface area contributed by atoms with Crippen LogP contribution in [0.15, 0.2) is 36.1 Å². The van der Waals surface area contributed by atoms with Gasteiger partial charge in [-0.3, -0.25) is 4.79 Å². The molecular weight excluding hydrogens is 430 g/mol. The summed E-state index contributed by atoms with van der Waals surface area (Å²) in [6.45, 7) is 2.00. The van der Waals surface area contributed by atoms with E-state index in [1.807, 2.05) is 31.2 Å². The molecule has 31 heavy (non-hydrogen) atoms.